The van der Waals surface area contributed by atoms with Gasteiger partial charge in [0.05, 0.1) is 46.4 Å². The molecule has 12 heteroatoms. The van der Waals surface area contributed by atoms with Gasteiger partial charge in [-0.1, -0.05) is 29.6 Å². The molecule has 0 amide bonds. The maximum atomic E-state index is 13.1. The Labute approximate surface area is 200 Å². The molecule has 170 valence electrons. The highest BCUT2D eigenvalue weighted by Gasteiger charge is 2.31. The molecule has 0 spiro atoms. The van der Waals surface area contributed by atoms with Crippen LogP contribution < -0.4 is 10.6 Å². The van der Waals surface area contributed by atoms with Gasteiger partial charge in [0.25, 0.3) is 5.56 Å². The molecule has 3 aromatic rings. The van der Waals surface area contributed by atoms with Crippen molar-refractivity contribution in [1.29, 1.82) is 10.5 Å². The van der Waals surface area contributed by atoms with E-state index in [2.05, 4.69) is 10.2 Å². The minimum atomic E-state index is -4.53. The Morgan fingerprint density at radius 1 is 1.12 bits per heavy atom. The first-order chi connectivity index (χ1) is 16.2. The third-order valence-electron chi connectivity index (χ3n) is 4.83. The third kappa shape index (κ3) is 4.64. The number of nitriles is 2. The number of halogens is 3. The number of hydrogen-bond acceptors (Lipinski definition) is 8. The van der Waals surface area contributed by atoms with Gasteiger partial charge in [0.2, 0.25) is 0 Å². The van der Waals surface area contributed by atoms with E-state index in [-0.39, 0.29) is 16.9 Å². The topological polar surface area (TPSA) is 98.1 Å². The molecule has 0 unspecified atom stereocenters. The van der Waals surface area contributed by atoms with Gasteiger partial charge in [0.15, 0.2) is 4.38 Å². The Bertz CT molecular complexity index is 1440. The van der Waals surface area contributed by atoms with E-state index < -0.39 is 11.7 Å². The second-order valence-corrected chi connectivity index (χ2v) is 9.22. The van der Waals surface area contributed by atoms with E-state index in [9.17, 15) is 23.2 Å². The van der Waals surface area contributed by atoms with Crippen molar-refractivity contribution in [2.75, 3.05) is 12.1 Å². The van der Waals surface area contributed by atoms with Crippen molar-refractivity contribution >= 4 is 33.6 Å². The van der Waals surface area contributed by atoms with Gasteiger partial charge >= 0.3 is 6.18 Å². The number of nitrogens with zero attached hydrogens (tertiary/aromatic N) is 6. The molecule has 34 heavy (non-hydrogen) atoms. The molecule has 0 radical (unpaired) electrons. The Hall–Kier alpha value is -3.74. The van der Waals surface area contributed by atoms with Crippen molar-refractivity contribution in [3.05, 3.63) is 81.3 Å². The summed E-state index contributed by atoms with van der Waals surface area (Å²) in [5.41, 5.74) is 0.569. The first kappa shape index (κ1) is 23.4. The van der Waals surface area contributed by atoms with E-state index in [0.29, 0.717) is 31.8 Å². The van der Waals surface area contributed by atoms with Crippen LogP contribution >= 0.6 is 23.5 Å². The summed E-state index contributed by atoms with van der Waals surface area (Å²) in [6.45, 7) is 0. The number of aromatic nitrogens is 2. The average Bonchev–Trinajstić information content (AvgIpc) is 2.83. The predicted octanol–water partition coefficient (Wildman–Crippen LogP) is 4.74. The number of alkyl halides is 3. The molecule has 0 bridgehead atoms. The van der Waals surface area contributed by atoms with Crippen LogP contribution in [-0.2, 0) is 11.9 Å². The van der Waals surface area contributed by atoms with Crippen LogP contribution in [0.2, 0.25) is 0 Å². The molecular formula is C22H13F3N6OS2. The van der Waals surface area contributed by atoms with Gasteiger partial charge < -0.3 is 0 Å². The van der Waals surface area contributed by atoms with Crippen LogP contribution in [0.15, 0.2) is 63.5 Å². The van der Waals surface area contributed by atoms with Gasteiger partial charge in [0, 0.05) is 12.8 Å². The molecule has 0 atom stereocenters. The van der Waals surface area contributed by atoms with Crippen LogP contribution in [0, 0.1) is 22.7 Å². The molecular weight excluding hydrogens is 485 g/mol. The highest BCUT2D eigenvalue weighted by Crippen LogP contribution is 2.37. The van der Waals surface area contributed by atoms with Gasteiger partial charge in [0.1, 0.15) is 4.90 Å². The molecule has 2 heterocycles. The van der Waals surface area contributed by atoms with E-state index in [0.717, 1.165) is 23.9 Å². The fourth-order valence-electron chi connectivity index (χ4n) is 3.08. The van der Waals surface area contributed by atoms with E-state index in [4.69, 9.17) is 5.26 Å². The molecule has 2 aromatic carbocycles. The maximum Gasteiger partial charge on any atom is 0.416 e. The standard InChI is InChI=1S/C22H13F3N6OS2/c1-30-18-11-28-31(17-6-2-13(9-26)3-7-17)20(32)19(18)34-21(29-30)33-12-14-4-5-16(22(23,24)25)8-15(14)10-27/h2-8,11H,12H2,1H3. The Kier molecular flexibility index (Phi) is 6.37. The number of hydrazone groups is 1. The van der Waals surface area contributed by atoms with Crippen LogP contribution in [0.1, 0.15) is 22.3 Å². The quantitative estimate of drug-likeness (QED) is 0.514. The van der Waals surface area contributed by atoms with Gasteiger partial charge in [-0.25, -0.2) is 0 Å². The zero-order chi connectivity index (χ0) is 24.5. The van der Waals surface area contributed by atoms with Crippen molar-refractivity contribution in [3.63, 3.8) is 0 Å². The van der Waals surface area contributed by atoms with E-state index in [1.165, 1.54) is 33.7 Å². The smallest absolute Gasteiger partial charge is 0.266 e. The fourth-order valence-corrected chi connectivity index (χ4v) is 5.26. The summed E-state index contributed by atoms with van der Waals surface area (Å²) in [6, 6.07) is 13.3. The molecule has 0 N–H and O–H groups in total. The number of thioether (sulfide) groups is 2. The summed E-state index contributed by atoms with van der Waals surface area (Å²) in [4.78, 5) is 13.5. The largest absolute Gasteiger partial charge is 0.416 e. The molecule has 1 aliphatic rings. The summed E-state index contributed by atoms with van der Waals surface area (Å²) in [7, 11) is 1.66. The van der Waals surface area contributed by atoms with Gasteiger partial charge in [-0.2, -0.15) is 38.6 Å². The highest BCUT2D eigenvalue weighted by atomic mass is 32.2. The van der Waals surface area contributed by atoms with E-state index in [1.54, 1.807) is 31.3 Å². The Morgan fingerprint density at radius 3 is 2.50 bits per heavy atom. The van der Waals surface area contributed by atoms with Crippen molar-refractivity contribution in [3.8, 4) is 17.8 Å². The van der Waals surface area contributed by atoms with Crippen LogP contribution in [0.5, 0.6) is 0 Å². The number of rotatable bonds is 3. The van der Waals surface area contributed by atoms with Crippen LogP contribution in [0.4, 0.5) is 18.9 Å². The van der Waals surface area contributed by atoms with Crippen molar-refractivity contribution in [2.45, 2.75) is 16.8 Å². The van der Waals surface area contributed by atoms with Gasteiger partial charge in [-0.05, 0) is 42.0 Å². The molecule has 4 rings (SSSR count). The molecule has 0 saturated heterocycles. The van der Waals surface area contributed by atoms with Crippen LogP contribution in [0.25, 0.3) is 5.69 Å². The van der Waals surface area contributed by atoms with Crippen molar-refractivity contribution in [2.24, 2.45) is 5.10 Å². The molecule has 1 aromatic heterocycles. The lowest BCUT2D eigenvalue weighted by molar-refractivity contribution is -0.137. The van der Waals surface area contributed by atoms with Gasteiger partial charge in [-0.3, -0.25) is 9.80 Å². The number of hydrogen-bond donors (Lipinski definition) is 0. The summed E-state index contributed by atoms with van der Waals surface area (Å²) >= 11 is 2.34. The van der Waals surface area contributed by atoms with E-state index >= 15 is 0 Å². The lowest BCUT2D eigenvalue weighted by Gasteiger charge is -2.23. The van der Waals surface area contributed by atoms with Crippen molar-refractivity contribution in [1.82, 2.24) is 9.78 Å². The van der Waals surface area contributed by atoms with Crippen LogP contribution in [-0.4, -0.2) is 21.2 Å². The lowest BCUT2D eigenvalue weighted by Crippen LogP contribution is -2.28. The Balaban J connectivity index is 1.58. The Morgan fingerprint density at radius 2 is 1.85 bits per heavy atom. The predicted molar refractivity (Wildman–Crippen MR) is 124 cm³/mol. The minimum absolute atomic E-state index is 0.0649. The second kappa shape index (κ2) is 9.25. The first-order valence-electron chi connectivity index (χ1n) is 9.57. The first-order valence-corrected chi connectivity index (χ1v) is 11.4. The maximum absolute atomic E-state index is 13.1. The average molecular weight is 499 g/mol. The van der Waals surface area contributed by atoms with Gasteiger partial charge in [-0.15, -0.1) is 0 Å². The van der Waals surface area contributed by atoms with Crippen LogP contribution in [0.3, 0.4) is 0 Å². The SMILES string of the molecule is CN1N=C(SCc2ccc(C(F)(F)F)cc2C#N)Sc2c1cnn(-c1ccc(C#N)cc1)c2=O. The summed E-state index contributed by atoms with van der Waals surface area (Å²) in [5, 5.41) is 28.4. The van der Waals surface area contributed by atoms with Crippen molar-refractivity contribution < 1.29 is 13.2 Å². The minimum Gasteiger partial charge on any atom is -0.266 e. The zero-order valence-electron chi connectivity index (χ0n) is 17.4. The summed E-state index contributed by atoms with van der Waals surface area (Å²) < 4.78 is 40.5. The highest BCUT2D eigenvalue weighted by molar-refractivity contribution is 8.38. The monoisotopic (exact) mass is 498 g/mol. The molecule has 7 nitrogen and oxygen atoms in total. The summed E-state index contributed by atoms with van der Waals surface area (Å²) in [6.07, 6.45) is -3.02. The molecule has 0 fully saturated rings. The molecule has 1 aliphatic heterocycles. The normalized spacial score (nSPS) is 13.0. The number of anilines is 1. The third-order valence-corrected chi connectivity index (χ3v) is 7.07. The fraction of sp³-hybridized carbons (Fsp3) is 0.136. The van der Waals surface area contributed by atoms with E-state index in [1.807, 2.05) is 12.1 Å². The number of fused-ring (bicyclic) bond motifs is 1. The second-order valence-electron chi connectivity index (χ2n) is 7.00. The molecule has 0 aliphatic carbocycles. The zero-order valence-corrected chi connectivity index (χ0v) is 19.0. The number of benzene rings is 2. The lowest BCUT2D eigenvalue weighted by atomic mass is 10.1. The molecule has 0 saturated carbocycles. The summed E-state index contributed by atoms with van der Waals surface area (Å²) in [5.74, 6) is 0.199.